The van der Waals surface area contributed by atoms with E-state index in [1.165, 1.54) is 14.0 Å². The Bertz CT molecular complexity index is 617. The van der Waals surface area contributed by atoms with Crippen LogP contribution in [0.3, 0.4) is 0 Å². The number of hydrogen-bond donors (Lipinski definition) is 0. The van der Waals surface area contributed by atoms with Crippen molar-refractivity contribution in [3.63, 3.8) is 0 Å². The monoisotopic (exact) mass is 444 g/mol. The highest BCUT2D eigenvalue weighted by molar-refractivity contribution is 5.95. The third kappa shape index (κ3) is 9.92. The average molecular weight is 445 g/mol. The number of halogens is 2. The molecule has 0 heterocycles. The van der Waals surface area contributed by atoms with Crippen molar-refractivity contribution < 1.29 is 32.6 Å². The fourth-order valence-electron chi connectivity index (χ4n) is 4.18. The van der Waals surface area contributed by atoms with Gasteiger partial charge in [0.05, 0.1) is 7.11 Å². The molecule has 0 aromatic heterocycles. The second kappa shape index (κ2) is 13.6. The molecule has 4 atom stereocenters. The normalized spacial score (nSPS) is 22.5. The van der Waals surface area contributed by atoms with Crippen LogP contribution in [-0.2, 0) is 23.9 Å². The van der Waals surface area contributed by atoms with Crippen LogP contribution in [0.2, 0.25) is 0 Å². The van der Waals surface area contributed by atoms with Crippen molar-refractivity contribution in [2.24, 2.45) is 17.8 Å². The molecule has 1 aliphatic rings. The van der Waals surface area contributed by atoms with E-state index < -0.39 is 18.1 Å². The molecule has 0 saturated heterocycles. The van der Waals surface area contributed by atoms with Crippen molar-refractivity contribution in [1.29, 1.82) is 0 Å². The standard InChI is InChI=1S/C24H38F2O5/c1-5-17(2)16-24(25,26)22(28)15-13-19-12-14-21(31-18(3)27)20(19)10-8-6-7-9-11-23(29)30-4/h13,15,17,19-21H,5-12,14,16H2,1-4H3/b15-13+/t17-,19+,20?,21?/m0/s1. The van der Waals surface area contributed by atoms with Gasteiger partial charge in [-0.2, -0.15) is 8.78 Å². The van der Waals surface area contributed by atoms with Crippen molar-refractivity contribution >= 4 is 17.7 Å². The van der Waals surface area contributed by atoms with Crippen LogP contribution in [0.4, 0.5) is 8.78 Å². The number of rotatable bonds is 14. The lowest BCUT2D eigenvalue weighted by Crippen LogP contribution is -2.29. The maximum absolute atomic E-state index is 14.2. The molecule has 0 bridgehead atoms. The zero-order chi connectivity index (χ0) is 23.4. The lowest BCUT2D eigenvalue weighted by Gasteiger charge is -2.23. The molecular formula is C24H38F2O5. The molecule has 0 aromatic carbocycles. The predicted molar refractivity (Wildman–Crippen MR) is 115 cm³/mol. The molecule has 5 nitrogen and oxygen atoms in total. The van der Waals surface area contributed by atoms with Crippen LogP contribution >= 0.6 is 0 Å². The Labute approximate surface area is 184 Å². The van der Waals surface area contributed by atoms with Crippen LogP contribution in [-0.4, -0.2) is 36.9 Å². The average Bonchev–Trinajstić information content (AvgIpc) is 3.08. The van der Waals surface area contributed by atoms with Crippen LogP contribution in [0.25, 0.3) is 0 Å². The van der Waals surface area contributed by atoms with Crippen LogP contribution < -0.4 is 0 Å². The SMILES string of the molecule is CC[C@H](C)CC(F)(F)C(=O)/C=C/[C@H]1CCC(OC(C)=O)C1CCCCCCC(=O)OC. The van der Waals surface area contributed by atoms with Gasteiger partial charge in [-0.15, -0.1) is 0 Å². The number of ether oxygens (including phenoxy) is 2. The Balaban J connectivity index is 2.65. The summed E-state index contributed by atoms with van der Waals surface area (Å²) in [5, 5.41) is 0. The van der Waals surface area contributed by atoms with E-state index in [-0.39, 0.29) is 35.8 Å². The summed E-state index contributed by atoms with van der Waals surface area (Å²) in [7, 11) is 1.37. The Hall–Kier alpha value is -1.79. The molecule has 0 aromatic rings. The molecule has 7 heteroatoms. The maximum Gasteiger partial charge on any atom is 0.309 e. The second-order valence-corrected chi connectivity index (χ2v) is 8.73. The van der Waals surface area contributed by atoms with E-state index in [0.717, 1.165) is 38.2 Å². The van der Waals surface area contributed by atoms with Crippen LogP contribution in [0.1, 0.15) is 85.0 Å². The van der Waals surface area contributed by atoms with Crippen molar-refractivity contribution in [2.75, 3.05) is 7.11 Å². The molecule has 1 saturated carbocycles. The van der Waals surface area contributed by atoms with Gasteiger partial charge < -0.3 is 9.47 Å². The Morgan fingerprint density at radius 2 is 1.81 bits per heavy atom. The summed E-state index contributed by atoms with van der Waals surface area (Å²) < 4.78 is 38.4. The number of alkyl halides is 2. The third-order valence-electron chi connectivity index (χ3n) is 6.18. The zero-order valence-corrected chi connectivity index (χ0v) is 19.3. The minimum Gasteiger partial charge on any atom is -0.469 e. The minimum atomic E-state index is -3.35. The van der Waals surface area contributed by atoms with E-state index in [2.05, 4.69) is 4.74 Å². The zero-order valence-electron chi connectivity index (χ0n) is 19.3. The highest BCUT2D eigenvalue weighted by atomic mass is 19.3. The van der Waals surface area contributed by atoms with E-state index in [9.17, 15) is 23.2 Å². The summed E-state index contributed by atoms with van der Waals surface area (Å²) >= 11 is 0. The van der Waals surface area contributed by atoms with Gasteiger partial charge in [0.1, 0.15) is 6.10 Å². The Kier molecular flexibility index (Phi) is 11.9. The van der Waals surface area contributed by atoms with Gasteiger partial charge in [0.2, 0.25) is 5.78 Å². The first-order valence-electron chi connectivity index (χ1n) is 11.4. The van der Waals surface area contributed by atoms with Crippen molar-refractivity contribution in [3.05, 3.63) is 12.2 Å². The van der Waals surface area contributed by atoms with Crippen molar-refractivity contribution in [2.45, 2.75) is 97.0 Å². The van der Waals surface area contributed by atoms with Gasteiger partial charge in [-0.3, -0.25) is 14.4 Å². The molecule has 0 radical (unpaired) electrons. The molecule has 0 N–H and O–H groups in total. The molecule has 0 amide bonds. The van der Waals surface area contributed by atoms with Gasteiger partial charge in [-0.1, -0.05) is 45.6 Å². The molecule has 0 aliphatic heterocycles. The molecular weight excluding hydrogens is 406 g/mol. The van der Waals surface area contributed by atoms with Crippen LogP contribution in [0, 0.1) is 17.8 Å². The number of ketones is 1. The maximum atomic E-state index is 14.2. The molecule has 1 rings (SSSR count). The van der Waals surface area contributed by atoms with Gasteiger partial charge in [0.25, 0.3) is 0 Å². The molecule has 178 valence electrons. The number of esters is 2. The highest BCUT2D eigenvalue weighted by Gasteiger charge is 2.39. The van der Waals surface area contributed by atoms with E-state index in [1.807, 2.05) is 6.92 Å². The van der Waals surface area contributed by atoms with E-state index >= 15 is 0 Å². The van der Waals surface area contributed by atoms with Gasteiger partial charge in [-0.05, 0) is 43.6 Å². The van der Waals surface area contributed by atoms with Gasteiger partial charge >= 0.3 is 17.9 Å². The van der Waals surface area contributed by atoms with E-state index in [1.54, 1.807) is 13.0 Å². The third-order valence-corrected chi connectivity index (χ3v) is 6.18. The smallest absolute Gasteiger partial charge is 0.309 e. The predicted octanol–water partition coefficient (Wildman–Crippen LogP) is 5.65. The molecule has 0 spiro atoms. The van der Waals surface area contributed by atoms with E-state index in [4.69, 9.17) is 4.74 Å². The van der Waals surface area contributed by atoms with Gasteiger partial charge in [0, 0.05) is 25.7 Å². The number of unbranched alkanes of at least 4 members (excludes halogenated alkanes) is 3. The quantitative estimate of drug-likeness (QED) is 0.197. The van der Waals surface area contributed by atoms with Crippen molar-refractivity contribution in [3.8, 4) is 0 Å². The van der Waals surface area contributed by atoms with E-state index in [0.29, 0.717) is 25.7 Å². The first-order chi connectivity index (χ1) is 14.6. The topological polar surface area (TPSA) is 69.7 Å². The van der Waals surface area contributed by atoms with Crippen LogP contribution in [0.5, 0.6) is 0 Å². The van der Waals surface area contributed by atoms with Crippen molar-refractivity contribution in [1.82, 2.24) is 0 Å². The minimum absolute atomic E-state index is 0.0109. The summed E-state index contributed by atoms with van der Waals surface area (Å²) in [6, 6.07) is 0. The molecule has 1 aliphatic carbocycles. The molecule has 31 heavy (non-hydrogen) atoms. The summed E-state index contributed by atoms with van der Waals surface area (Å²) in [5.41, 5.74) is 0. The number of hydrogen-bond acceptors (Lipinski definition) is 5. The summed E-state index contributed by atoms with van der Waals surface area (Å²) in [6.07, 6.45) is 8.53. The fourth-order valence-corrected chi connectivity index (χ4v) is 4.18. The second-order valence-electron chi connectivity index (χ2n) is 8.73. The van der Waals surface area contributed by atoms with Crippen LogP contribution in [0.15, 0.2) is 12.2 Å². The van der Waals surface area contributed by atoms with Gasteiger partial charge in [0.15, 0.2) is 0 Å². The Morgan fingerprint density at radius 3 is 2.42 bits per heavy atom. The number of carbonyl (C=O) groups excluding carboxylic acids is 3. The largest absolute Gasteiger partial charge is 0.469 e. The number of carbonyl (C=O) groups is 3. The molecule has 2 unspecified atom stereocenters. The first-order valence-corrected chi connectivity index (χ1v) is 11.4. The fraction of sp³-hybridized carbons (Fsp3) is 0.792. The summed E-state index contributed by atoms with van der Waals surface area (Å²) in [6.45, 7) is 4.91. The number of allylic oxidation sites excluding steroid dienone is 2. The number of methoxy groups -OCH3 is 1. The van der Waals surface area contributed by atoms with Gasteiger partial charge in [-0.25, -0.2) is 0 Å². The lowest BCUT2D eigenvalue weighted by molar-refractivity contribution is -0.148. The summed E-state index contributed by atoms with van der Waals surface area (Å²) in [5.74, 6) is -5.35. The Morgan fingerprint density at radius 1 is 1.13 bits per heavy atom. The highest BCUT2D eigenvalue weighted by Crippen LogP contribution is 2.39. The summed E-state index contributed by atoms with van der Waals surface area (Å²) in [4.78, 5) is 34.7. The lowest BCUT2D eigenvalue weighted by atomic mass is 9.88. The molecule has 1 fully saturated rings. The first kappa shape index (κ1) is 27.2.